The fourth-order valence-electron chi connectivity index (χ4n) is 2.97. The zero-order valence-corrected chi connectivity index (χ0v) is 13.4. The lowest BCUT2D eigenvalue weighted by Gasteiger charge is -2.09. The molecule has 3 heteroatoms. The van der Waals surface area contributed by atoms with Gasteiger partial charge >= 0.3 is 0 Å². The summed E-state index contributed by atoms with van der Waals surface area (Å²) >= 11 is 0. The first-order valence-electron chi connectivity index (χ1n) is 7.90. The highest BCUT2D eigenvalue weighted by molar-refractivity contribution is 6.12. The second kappa shape index (κ2) is 5.78. The number of anilines is 1. The number of hydrogen-bond donors (Lipinski definition) is 1. The first-order valence-corrected chi connectivity index (χ1v) is 7.90. The van der Waals surface area contributed by atoms with Gasteiger partial charge in [-0.25, -0.2) is 4.98 Å². The van der Waals surface area contributed by atoms with Gasteiger partial charge in [0.1, 0.15) is 5.52 Å². The lowest BCUT2D eigenvalue weighted by Crippen LogP contribution is -1.96. The molecule has 0 radical (unpaired) electrons. The summed E-state index contributed by atoms with van der Waals surface area (Å²) in [5.74, 6) is 0.470. The largest absolute Gasteiger partial charge is 0.382 e. The third-order valence-corrected chi connectivity index (χ3v) is 4.14. The number of benzene rings is 2. The number of aromatic nitrogens is 2. The van der Waals surface area contributed by atoms with Gasteiger partial charge in [-0.1, -0.05) is 54.6 Å². The molecule has 24 heavy (non-hydrogen) atoms. The van der Waals surface area contributed by atoms with Gasteiger partial charge in [-0.3, -0.25) is 4.98 Å². The molecule has 0 saturated carbocycles. The molecule has 2 N–H and O–H groups in total. The molecule has 2 heterocycles. The smallest absolute Gasteiger partial charge is 0.150 e. The number of rotatable bonds is 2. The van der Waals surface area contributed by atoms with Crippen LogP contribution in [0.1, 0.15) is 16.7 Å². The Hall–Kier alpha value is -3.20. The fraction of sp³-hybridized carbons (Fsp3) is 0.0476. The third kappa shape index (κ3) is 2.50. The molecule has 0 aliphatic carbocycles. The van der Waals surface area contributed by atoms with Gasteiger partial charge in [0.25, 0.3) is 0 Å². The Morgan fingerprint density at radius 1 is 0.958 bits per heavy atom. The average molecular weight is 311 g/mol. The van der Waals surface area contributed by atoms with Crippen molar-refractivity contribution in [3.63, 3.8) is 0 Å². The average Bonchev–Trinajstić information content (AvgIpc) is 2.60. The summed E-state index contributed by atoms with van der Waals surface area (Å²) in [6.45, 7) is 2.06. The van der Waals surface area contributed by atoms with E-state index in [1.165, 1.54) is 5.56 Å². The van der Waals surface area contributed by atoms with Crippen molar-refractivity contribution in [3.05, 3.63) is 77.5 Å². The monoisotopic (exact) mass is 311 g/mol. The number of nitrogens with zero attached hydrogens (tertiary/aromatic N) is 2. The Labute approximate surface area is 140 Å². The summed E-state index contributed by atoms with van der Waals surface area (Å²) < 4.78 is 0. The van der Waals surface area contributed by atoms with Gasteiger partial charge in [-0.05, 0) is 35.7 Å². The Balaban J connectivity index is 1.99. The number of hydrogen-bond acceptors (Lipinski definition) is 3. The van der Waals surface area contributed by atoms with Crippen molar-refractivity contribution >= 4 is 39.8 Å². The lowest BCUT2D eigenvalue weighted by molar-refractivity contribution is 1.35. The molecular formula is C21H17N3. The minimum Gasteiger partial charge on any atom is -0.382 e. The second-order valence-electron chi connectivity index (χ2n) is 5.89. The highest BCUT2D eigenvalue weighted by atomic mass is 14.9. The van der Waals surface area contributed by atoms with E-state index in [2.05, 4.69) is 59.4 Å². The van der Waals surface area contributed by atoms with Crippen LogP contribution in [0.2, 0.25) is 0 Å². The summed E-state index contributed by atoms with van der Waals surface area (Å²) in [4.78, 5) is 8.96. The standard InChI is InChI=1S/C21H17N3/c1-14-7-10-17-18(13-14)24-21(22)20-19(17)16(11-12-23-20)9-8-15-5-3-2-4-6-15/h2-13H,1H3,(H2,22,24)/b9-8+. The van der Waals surface area contributed by atoms with E-state index in [0.717, 1.165) is 32.9 Å². The quantitative estimate of drug-likeness (QED) is 0.539. The zero-order chi connectivity index (χ0) is 16.5. The summed E-state index contributed by atoms with van der Waals surface area (Å²) in [5.41, 5.74) is 11.2. The van der Waals surface area contributed by atoms with Crippen molar-refractivity contribution < 1.29 is 0 Å². The van der Waals surface area contributed by atoms with Crippen molar-refractivity contribution in [1.82, 2.24) is 9.97 Å². The van der Waals surface area contributed by atoms with Crippen LogP contribution >= 0.6 is 0 Å². The molecule has 4 aromatic rings. The van der Waals surface area contributed by atoms with Crippen LogP contribution in [0.4, 0.5) is 5.82 Å². The van der Waals surface area contributed by atoms with Crippen molar-refractivity contribution in [3.8, 4) is 0 Å². The molecule has 0 atom stereocenters. The first kappa shape index (κ1) is 14.4. The maximum Gasteiger partial charge on any atom is 0.150 e. The molecule has 0 fully saturated rings. The van der Waals surface area contributed by atoms with Crippen LogP contribution in [0.15, 0.2) is 60.8 Å². The van der Waals surface area contributed by atoms with Crippen LogP contribution in [-0.2, 0) is 0 Å². The van der Waals surface area contributed by atoms with Crippen LogP contribution in [0, 0.1) is 6.92 Å². The van der Waals surface area contributed by atoms with E-state index < -0.39 is 0 Å². The molecule has 0 bridgehead atoms. The molecule has 2 aromatic heterocycles. The number of aryl methyl sites for hydroxylation is 1. The summed E-state index contributed by atoms with van der Waals surface area (Å²) in [5, 5.41) is 2.12. The van der Waals surface area contributed by atoms with Crippen LogP contribution in [0.3, 0.4) is 0 Å². The highest BCUT2D eigenvalue weighted by Gasteiger charge is 2.10. The van der Waals surface area contributed by atoms with E-state index in [-0.39, 0.29) is 0 Å². The summed E-state index contributed by atoms with van der Waals surface area (Å²) in [6, 6.07) is 18.5. The van der Waals surface area contributed by atoms with Crippen LogP contribution in [0.25, 0.3) is 34.0 Å². The highest BCUT2D eigenvalue weighted by Crippen LogP contribution is 2.30. The number of pyridine rings is 2. The lowest BCUT2D eigenvalue weighted by atomic mass is 10.0. The minimum atomic E-state index is 0.470. The molecule has 2 aromatic carbocycles. The number of fused-ring (bicyclic) bond motifs is 3. The molecule has 0 aliphatic heterocycles. The SMILES string of the molecule is Cc1ccc2c(c1)nc(N)c1nccc(/C=C/c3ccccc3)c12. The van der Waals surface area contributed by atoms with E-state index in [4.69, 9.17) is 5.73 Å². The zero-order valence-electron chi connectivity index (χ0n) is 13.4. The second-order valence-corrected chi connectivity index (χ2v) is 5.89. The molecular weight excluding hydrogens is 294 g/mol. The normalized spacial score (nSPS) is 11.5. The van der Waals surface area contributed by atoms with Gasteiger partial charge in [0.2, 0.25) is 0 Å². The van der Waals surface area contributed by atoms with Crippen molar-refractivity contribution in [1.29, 1.82) is 0 Å². The molecule has 0 spiro atoms. The summed E-state index contributed by atoms with van der Waals surface area (Å²) in [7, 11) is 0. The maximum absolute atomic E-state index is 6.15. The number of nitrogens with two attached hydrogens (primary N) is 1. The molecule has 0 aliphatic rings. The Morgan fingerprint density at radius 3 is 2.62 bits per heavy atom. The van der Waals surface area contributed by atoms with Crippen LogP contribution < -0.4 is 5.73 Å². The van der Waals surface area contributed by atoms with Crippen molar-refractivity contribution in [2.24, 2.45) is 0 Å². The van der Waals surface area contributed by atoms with Crippen LogP contribution in [0.5, 0.6) is 0 Å². The van der Waals surface area contributed by atoms with E-state index >= 15 is 0 Å². The fourth-order valence-corrected chi connectivity index (χ4v) is 2.97. The van der Waals surface area contributed by atoms with Crippen molar-refractivity contribution in [2.75, 3.05) is 5.73 Å². The molecule has 116 valence electrons. The van der Waals surface area contributed by atoms with E-state index in [1.54, 1.807) is 6.20 Å². The number of nitrogen functional groups attached to an aromatic ring is 1. The maximum atomic E-state index is 6.15. The van der Waals surface area contributed by atoms with Gasteiger partial charge in [0.15, 0.2) is 5.82 Å². The van der Waals surface area contributed by atoms with Gasteiger partial charge < -0.3 is 5.73 Å². The third-order valence-electron chi connectivity index (χ3n) is 4.14. The van der Waals surface area contributed by atoms with Gasteiger partial charge in [-0.15, -0.1) is 0 Å². The van der Waals surface area contributed by atoms with Gasteiger partial charge in [-0.2, -0.15) is 0 Å². The van der Waals surface area contributed by atoms with E-state index in [0.29, 0.717) is 5.82 Å². The minimum absolute atomic E-state index is 0.470. The predicted octanol–water partition coefficient (Wildman–Crippen LogP) is 4.84. The predicted molar refractivity (Wildman–Crippen MR) is 102 cm³/mol. The van der Waals surface area contributed by atoms with Crippen LogP contribution in [-0.4, -0.2) is 9.97 Å². The summed E-state index contributed by atoms with van der Waals surface area (Å²) in [6.07, 6.45) is 5.99. The molecule has 0 unspecified atom stereocenters. The van der Waals surface area contributed by atoms with E-state index in [9.17, 15) is 0 Å². The van der Waals surface area contributed by atoms with E-state index in [1.807, 2.05) is 24.3 Å². The Morgan fingerprint density at radius 2 is 1.79 bits per heavy atom. The molecule has 0 amide bonds. The van der Waals surface area contributed by atoms with Crippen molar-refractivity contribution in [2.45, 2.75) is 6.92 Å². The van der Waals surface area contributed by atoms with Gasteiger partial charge in [0.05, 0.1) is 5.52 Å². The Bertz CT molecular complexity index is 1070. The molecule has 0 saturated heterocycles. The Kier molecular flexibility index (Phi) is 3.47. The first-order chi connectivity index (χ1) is 11.7. The molecule has 3 nitrogen and oxygen atoms in total. The molecule has 4 rings (SSSR count). The topological polar surface area (TPSA) is 51.8 Å². The van der Waals surface area contributed by atoms with Gasteiger partial charge in [0, 0.05) is 17.0 Å².